The number of ether oxygens (including phenoxy) is 2. The minimum atomic E-state index is -1.93. The molecule has 136 valence electrons. The van der Waals surface area contributed by atoms with E-state index in [-0.39, 0.29) is 5.90 Å². The standard InChI is InChI=1S/C20H17ClN4O2/c21-14-7-4-3-6-13(14)16-18(10-22,11-23)19(12-24)15-8-2-1-5-9-20(15,26-16)27-17(19)25/h3-4,6-7,15-16,25H,1-2,5,8-9H2. The van der Waals surface area contributed by atoms with Crippen molar-refractivity contribution in [1.82, 2.24) is 0 Å². The Kier molecular flexibility index (Phi) is 3.93. The van der Waals surface area contributed by atoms with Gasteiger partial charge in [0.2, 0.25) is 17.1 Å². The Labute approximate surface area is 162 Å². The van der Waals surface area contributed by atoms with Gasteiger partial charge in [-0.05, 0) is 18.9 Å². The number of nitrogens with one attached hydrogen (secondary N) is 1. The van der Waals surface area contributed by atoms with Gasteiger partial charge < -0.3 is 9.47 Å². The van der Waals surface area contributed by atoms with Crippen molar-refractivity contribution >= 4 is 17.5 Å². The maximum atomic E-state index is 10.2. The van der Waals surface area contributed by atoms with E-state index < -0.39 is 28.6 Å². The molecule has 0 amide bonds. The molecule has 2 aliphatic heterocycles. The largest absolute Gasteiger partial charge is 0.447 e. The molecule has 2 saturated heterocycles. The molecule has 0 spiro atoms. The molecule has 0 radical (unpaired) electrons. The number of hydrogen-bond donors (Lipinski definition) is 1. The third kappa shape index (κ3) is 1.99. The number of nitriles is 3. The van der Waals surface area contributed by atoms with Gasteiger partial charge in [-0.1, -0.05) is 42.6 Å². The molecule has 3 aliphatic rings. The van der Waals surface area contributed by atoms with E-state index in [9.17, 15) is 15.8 Å². The van der Waals surface area contributed by atoms with Crippen LogP contribution in [-0.2, 0) is 9.47 Å². The zero-order chi connectivity index (χ0) is 19.3. The average Bonchev–Trinajstić information content (AvgIpc) is 2.81. The first-order chi connectivity index (χ1) is 13.0. The minimum Gasteiger partial charge on any atom is -0.447 e. The number of halogens is 1. The van der Waals surface area contributed by atoms with E-state index in [2.05, 4.69) is 18.2 Å². The topological polar surface area (TPSA) is 114 Å². The molecule has 1 aromatic rings. The minimum absolute atomic E-state index is 0.338. The van der Waals surface area contributed by atoms with E-state index in [1.54, 1.807) is 24.3 Å². The molecule has 2 bridgehead atoms. The van der Waals surface area contributed by atoms with E-state index in [1.807, 2.05) is 0 Å². The first-order valence-corrected chi connectivity index (χ1v) is 9.33. The summed E-state index contributed by atoms with van der Waals surface area (Å²) in [6.07, 6.45) is 2.60. The number of hydrogen-bond acceptors (Lipinski definition) is 6. The van der Waals surface area contributed by atoms with Gasteiger partial charge in [-0.2, -0.15) is 15.8 Å². The van der Waals surface area contributed by atoms with Crippen molar-refractivity contribution < 1.29 is 9.47 Å². The van der Waals surface area contributed by atoms with E-state index in [0.29, 0.717) is 23.4 Å². The van der Waals surface area contributed by atoms with Crippen molar-refractivity contribution in [2.75, 3.05) is 0 Å². The Hall–Kier alpha value is -2.59. The molecule has 3 fully saturated rings. The first-order valence-electron chi connectivity index (χ1n) is 8.95. The van der Waals surface area contributed by atoms with Gasteiger partial charge in [0, 0.05) is 17.0 Å². The Balaban J connectivity index is 2.03. The molecule has 4 atom stereocenters. The molecule has 1 saturated carbocycles. The van der Waals surface area contributed by atoms with Crippen molar-refractivity contribution in [2.24, 2.45) is 16.7 Å². The van der Waals surface area contributed by atoms with Crippen molar-refractivity contribution in [1.29, 1.82) is 21.2 Å². The van der Waals surface area contributed by atoms with Gasteiger partial charge in [-0.25, -0.2) is 0 Å². The highest BCUT2D eigenvalue weighted by Crippen LogP contribution is 2.69. The monoisotopic (exact) mass is 380 g/mol. The first kappa shape index (κ1) is 17.8. The molecular weight excluding hydrogens is 364 g/mol. The lowest BCUT2D eigenvalue weighted by atomic mass is 9.52. The fraction of sp³-hybridized carbons (Fsp3) is 0.500. The van der Waals surface area contributed by atoms with Crippen LogP contribution >= 0.6 is 11.6 Å². The highest BCUT2D eigenvalue weighted by molar-refractivity contribution is 6.31. The van der Waals surface area contributed by atoms with Crippen LogP contribution in [-0.4, -0.2) is 11.7 Å². The van der Waals surface area contributed by atoms with Gasteiger partial charge in [0.25, 0.3) is 0 Å². The van der Waals surface area contributed by atoms with Crippen LogP contribution in [0.15, 0.2) is 24.3 Å². The van der Waals surface area contributed by atoms with E-state index in [4.69, 9.17) is 26.5 Å². The third-order valence-electron chi connectivity index (χ3n) is 6.25. The van der Waals surface area contributed by atoms with Gasteiger partial charge in [-0.3, -0.25) is 5.41 Å². The fourth-order valence-corrected chi connectivity index (χ4v) is 5.24. The summed E-state index contributed by atoms with van der Waals surface area (Å²) in [5, 5.41) is 39.4. The normalized spacial score (nSPS) is 36.3. The molecule has 0 aromatic heterocycles. The van der Waals surface area contributed by atoms with Crippen molar-refractivity contribution in [2.45, 2.75) is 44.0 Å². The van der Waals surface area contributed by atoms with Crippen LogP contribution in [0.4, 0.5) is 0 Å². The van der Waals surface area contributed by atoms with Crippen LogP contribution < -0.4 is 0 Å². The number of nitrogens with zero attached hydrogens (tertiary/aromatic N) is 3. The van der Waals surface area contributed by atoms with Gasteiger partial charge in [0.15, 0.2) is 5.41 Å². The van der Waals surface area contributed by atoms with Crippen LogP contribution in [0.1, 0.15) is 43.8 Å². The molecule has 7 heteroatoms. The number of benzene rings is 1. The molecule has 1 aromatic carbocycles. The lowest BCUT2D eigenvalue weighted by Gasteiger charge is -2.49. The summed E-state index contributed by atoms with van der Waals surface area (Å²) in [6.45, 7) is 0. The zero-order valence-corrected chi connectivity index (χ0v) is 15.3. The Morgan fingerprint density at radius 2 is 1.81 bits per heavy atom. The number of rotatable bonds is 1. The highest BCUT2D eigenvalue weighted by Gasteiger charge is 2.80. The zero-order valence-electron chi connectivity index (χ0n) is 14.5. The third-order valence-corrected chi connectivity index (χ3v) is 6.60. The predicted molar refractivity (Wildman–Crippen MR) is 95.1 cm³/mol. The summed E-state index contributed by atoms with van der Waals surface area (Å²) in [6, 6.07) is 13.1. The smallest absolute Gasteiger partial charge is 0.217 e. The molecule has 27 heavy (non-hydrogen) atoms. The second kappa shape index (κ2) is 5.96. The highest BCUT2D eigenvalue weighted by atomic mass is 35.5. The molecule has 1 N–H and O–H groups in total. The van der Waals surface area contributed by atoms with Crippen molar-refractivity contribution in [3.63, 3.8) is 0 Å². The SMILES string of the molecule is N#CC1(C#N)C(c2ccccc2Cl)OC23CCCCCC2C1(C#N)C(=N)O3. The van der Waals surface area contributed by atoms with Crippen LogP contribution in [0.3, 0.4) is 0 Å². The maximum Gasteiger partial charge on any atom is 0.217 e. The molecule has 1 aliphatic carbocycles. The molecule has 4 rings (SSSR count). The molecule has 2 heterocycles. The lowest BCUT2D eigenvalue weighted by molar-refractivity contribution is -0.284. The average molecular weight is 381 g/mol. The van der Waals surface area contributed by atoms with Crippen molar-refractivity contribution in [3.8, 4) is 18.2 Å². The Morgan fingerprint density at radius 3 is 2.48 bits per heavy atom. The summed E-state index contributed by atoms with van der Waals surface area (Å²) in [7, 11) is 0. The van der Waals surface area contributed by atoms with Crippen LogP contribution in [0.25, 0.3) is 0 Å². The second-order valence-corrected chi connectivity index (χ2v) is 7.77. The predicted octanol–water partition coefficient (Wildman–Crippen LogP) is 4.24. The molecule has 4 unspecified atom stereocenters. The summed E-state index contributed by atoms with van der Waals surface area (Å²) in [5.74, 6) is -2.05. The van der Waals surface area contributed by atoms with Crippen LogP contribution in [0.5, 0.6) is 0 Å². The second-order valence-electron chi connectivity index (χ2n) is 7.37. The lowest BCUT2D eigenvalue weighted by Crippen LogP contribution is -2.59. The van der Waals surface area contributed by atoms with E-state index >= 15 is 0 Å². The van der Waals surface area contributed by atoms with Gasteiger partial charge in [-0.15, -0.1) is 0 Å². The maximum absolute atomic E-state index is 10.2. The molecule has 6 nitrogen and oxygen atoms in total. The van der Waals surface area contributed by atoms with Gasteiger partial charge in [0.05, 0.1) is 24.1 Å². The van der Waals surface area contributed by atoms with Gasteiger partial charge >= 0.3 is 0 Å². The van der Waals surface area contributed by atoms with Gasteiger partial charge in [0.1, 0.15) is 6.10 Å². The van der Waals surface area contributed by atoms with Crippen molar-refractivity contribution in [3.05, 3.63) is 34.9 Å². The quantitative estimate of drug-likeness (QED) is 0.782. The molecular formula is C20H17ClN4O2. The van der Waals surface area contributed by atoms with Crippen LogP contribution in [0.2, 0.25) is 5.02 Å². The summed E-state index contributed by atoms with van der Waals surface area (Å²) in [4.78, 5) is 0. The van der Waals surface area contributed by atoms with E-state index in [0.717, 1.165) is 19.3 Å². The summed E-state index contributed by atoms with van der Waals surface area (Å²) >= 11 is 6.37. The fourth-order valence-electron chi connectivity index (χ4n) is 5.00. The van der Waals surface area contributed by atoms with Crippen LogP contribution in [0, 0.1) is 56.2 Å². The summed E-state index contributed by atoms with van der Waals surface area (Å²) in [5.41, 5.74) is -3.16. The van der Waals surface area contributed by atoms with E-state index in [1.165, 1.54) is 0 Å². The Bertz CT molecular complexity index is 929. The summed E-state index contributed by atoms with van der Waals surface area (Å²) < 4.78 is 12.3. The Morgan fingerprint density at radius 1 is 1.07 bits per heavy atom.